The van der Waals surface area contributed by atoms with E-state index in [1.165, 1.54) is 6.34 Å². The number of aromatic amines is 1. The summed E-state index contributed by atoms with van der Waals surface area (Å²) >= 11 is 0. The molecule has 0 saturated carbocycles. The number of benzene rings is 1. The van der Waals surface area contributed by atoms with Gasteiger partial charge in [0, 0.05) is 12.2 Å². The molecule has 1 aromatic heterocycles. The van der Waals surface area contributed by atoms with E-state index in [0.717, 1.165) is 16.9 Å². The average Bonchev–Trinajstić information content (AvgIpc) is 2.90. The minimum absolute atomic E-state index is 0. The predicted molar refractivity (Wildman–Crippen MR) is 77.1 cm³/mol. The molecule has 0 spiro atoms. The quantitative estimate of drug-likeness (QED) is 0.480. The van der Waals surface area contributed by atoms with E-state index in [9.17, 15) is 0 Å². The van der Waals surface area contributed by atoms with Crippen molar-refractivity contribution in [1.82, 2.24) is 9.97 Å². The van der Waals surface area contributed by atoms with E-state index in [-0.39, 0.29) is 7.43 Å². The number of hydrogen-bond acceptors (Lipinski definition) is 2. The summed E-state index contributed by atoms with van der Waals surface area (Å²) < 4.78 is 0. The summed E-state index contributed by atoms with van der Waals surface area (Å²) in [6.45, 7) is 4.31. The first-order chi connectivity index (χ1) is 8.35. The topological polar surface area (TPSA) is 55.8 Å². The largest absolute Gasteiger partial charge is 0.345 e. The zero-order valence-electron chi connectivity index (χ0n) is 9.43. The van der Waals surface area contributed by atoms with Gasteiger partial charge in [-0.15, -0.1) is 6.58 Å². The number of nitrogens with zero attached hydrogens (tertiary/aromatic N) is 2. The van der Waals surface area contributed by atoms with Crippen molar-refractivity contribution < 1.29 is 0 Å². The molecule has 18 heavy (non-hydrogen) atoms. The van der Waals surface area contributed by atoms with Crippen LogP contribution >= 0.6 is 0 Å². The Morgan fingerprint density at radius 3 is 2.56 bits per heavy atom. The van der Waals surface area contributed by atoms with Crippen molar-refractivity contribution in [3.05, 3.63) is 49.4 Å². The Balaban J connectivity index is 0.00000162. The fourth-order valence-electron chi connectivity index (χ4n) is 1.62. The van der Waals surface area contributed by atoms with Crippen LogP contribution in [0.2, 0.25) is 0 Å². The summed E-state index contributed by atoms with van der Waals surface area (Å²) in [6.07, 6.45) is 6.51. The lowest BCUT2D eigenvalue weighted by atomic mass is 10.1. The highest BCUT2D eigenvalue weighted by Gasteiger charge is 2.02. The summed E-state index contributed by atoms with van der Waals surface area (Å²) in [7, 11) is 0. The van der Waals surface area contributed by atoms with Crippen molar-refractivity contribution in [2.45, 2.75) is 7.43 Å². The van der Waals surface area contributed by atoms with Crippen molar-refractivity contribution in [1.29, 1.82) is 5.41 Å². The maximum Gasteiger partial charge on any atom is 0.0924 e. The molecule has 0 aliphatic heterocycles. The molecule has 0 amide bonds. The molecule has 0 unspecified atom stereocenters. The zero-order valence-corrected chi connectivity index (χ0v) is 9.43. The third-order valence-electron chi connectivity index (χ3n) is 2.49. The van der Waals surface area contributed by atoms with E-state index in [1.54, 1.807) is 18.6 Å². The molecule has 4 heteroatoms. The van der Waals surface area contributed by atoms with Crippen molar-refractivity contribution in [3.63, 3.8) is 0 Å². The van der Waals surface area contributed by atoms with E-state index in [1.807, 2.05) is 29.2 Å². The van der Waals surface area contributed by atoms with Gasteiger partial charge in [-0.3, -0.25) is 5.41 Å². The number of imidazole rings is 1. The summed E-state index contributed by atoms with van der Waals surface area (Å²) in [6, 6.07) is 7.96. The fraction of sp³-hybridized carbons (Fsp3) is 0.143. The van der Waals surface area contributed by atoms with Gasteiger partial charge in [-0.2, -0.15) is 0 Å². The highest BCUT2D eigenvalue weighted by molar-refractivity contribution is 5.78. The van der Waals surface area contributed by atoms with E-state index >= 15 is 0 Å². The SMILES string of the molecule is C.C=CCN(C=N)c1ccc(-c2cnc[nH]2)cc1. The molecule has 0 bridgehead atoms. The number of rotatable bonds is 5. The van der Waals surface area contributed by atoms with Crippen LogP contribution in [0, 0.1) is 5.41 Å². The van der Waals surface area contributed by atoms with Gasteiger partial charge in [-0.05, 0) is 17.7 Å². The van der Waals surface area contributed by atoms with Gasteiger partial charge >= 0.3 is 0 Å². The Hall–Kier alpha value is -2.36. The van der Waals surface area contributed by atoms with Gasteiger partial charge in [0.25, 0.3) is 0 Å². The first-order valence-corrected chi connectivity index (χ1v) is 5.32. The van der Waals surface area contributed by atoms with Crippen LogP contribution in [0.15, 0.2) is 49.4 Å². The molecule has 0 aliphatic rings. The van der Waals surface area contributed by atoms with Crippen LogP contribution in [0.1, 0.15) is 7.43 Å². The monoisotopic (exact) mass is 242 g/mol. The molecule has 2 rings (SSSR count). The van der Waals surface area contributed by atoms with E-state index in [4.69, 9.17) is 5.41 Å². The highest BCUT2D eigenvalue weighted by atomic mass is 15.1. The van der Waals surface area contributed by atoms with Crippen LogP contribution in [0.5, 0.6) is 0 Å². The van der Waals surface area contributed by atoms with E-state index in [2.05, 4.69) is 16.5 Å². The molecule has 2 N–H and O–H groups in total. The van der Waals surface area contributed by atoms with Crippen molar-refractivity contribution >= 4 is 12.0 Å². The van der Waals surface area contributed by atoms with E-state index < -0.39 is 0 Å². The van der Waals surface area contributed by atoms with Crippen LogP contribution in [-0.4, -0.2) is 22.9 Å². The second-order valence-corrected chi connectivity index (χ2v) is 3.58. The molecule has 4 nitrogen and oxygen atoms in total. The van der Waals surface area contributed by atoms with Gasteiger partial charge < -0.3 is 9.88 Å². The Bertz CT molecular complexity index is 485. The number of nitrogens with one attached hydrogen (secondary N) is 2. The molecule has 0 atom stereocenters. The first kappa shape index (κ1) is 13.7. The maximum absolute atomic E-state index is 7.33. The van der Waals surface area contributed by atoms with Crippen LogP contribution in [0.25, 0.3) is 11.3 Å². The molecule has 1 aromatic carbocycles. The Labute approximate surface area is 108 Å². The van der Waals surface area contributed by atoms with Crippen LogP contribution in [0.4, 0.5) is 5.69 Å². The normalized spacial score (nSPS) is 9.33. The van der Waals surface area contributed by atoms with Gasteiger partial charge in [0.05, 0.1) is 24.6 Å². The van der Waals surface area contributed by atoms with Gasteiger partial charge in [0.2, 0.25) is 0 Å². The first-order valence-electron chi connectivity index (χ1n) is 5.32. The molecule has 0 aliphatic carbocycles. The molecular weight excluding hydrogens is 224 g/mol. The molecule has 1 heterocycles. The third kappa shape index (κ3) is 2.85. The Morgan fingerprint density at radius 2 is 2.06 bits per heavy atom. The lowest BCUT2D eigenvalue weighted by molar-refractivity contribution is 1.15. The van der Waals surface area contributed by atoms with E-state index in [0.29, 0.717) is 6.54 Å². The lowest BCUT2D eigenvalue weighted by Gasteiger charge is -2.16. The van der Waals surface area contributed by atoms with Gasteiger partial charge in [-0.1, -0.05) is 25.6 Å². The van der Waals surface area contributed by atoms with Gasteiger partial charge in [0.1, 0.15) is 0 Å². The second-order valence-electron chi connectivity index (χ2n) is 3.58. The van der Waals surface area contributed by atoms with Gasteiger partial charge in [0.15, 0.2) is 0 Å². The number of aromatic nitrogens is 2. The Kier molecular flexibility index (Phi) is 4.87. The standard InChI is InChI=1S/C13H14N4.CH4/c1-2-7-17(9-14)12-5-3-11(4-6-12)13-8-15-10-16-13;/h2-6,8-10,14H,1,7H2,(H,15,16);1H4. The van der Waals surface area contributed by atoms with Crippen LogP contribution in [-0.2, 0) is 0 Å². The van der Waals surface area contributed by atoms with Crippen LogP contribution in [0.3, 0.4) is 0 Å². The number of H-pyrrole nitrogens is 1. The molecule has 94 valence electrons. The lowest BCUT2D eigenvalue weighted by Crippen LogP contribution is -2.20. The Morgan fingerprint density at radius 1 is 1.33 bits per heavy atom. The molecule has 0 saturated heterocycles. The van der Waals surface area contributed by atoms with Crippen LogP contribution < -0.4 is 4.90 Å². The zero-order chi connectivity index (χ0) is 12.1. The van der Waals surface area contributed by atoms with Gasteiger partial charge in [-0.25, -0.2) is 4.98 Å². The molecule has 2 aromatic rings. The summed E-state index contributed by atoms with van der Waals surface area (Å²) in [5, 5.41) is 7.33. The second kappa shape index (κ2) is 6.39. The molecular formula is C14H18N4. The van der Waals surface area contributed by atoms with Crippen molar-refractivity contribution in [3.8, 4) is 11.3 Å². The maximum atomic E-state index is 7.33. The summed E-state index contributed by atoms with van der Waals surface area (Å²) in [4.78, 5) is 8.85. The van der Waals surface area contributed by atoms with Crippen molar-refractivity contribution in [2.75, 3.05) is 11.4 Å². The summed E-state index contributed by atoms with van der Waals surface area (Å²) in [5.41, 5.74) is 3.04. The molecule has 0 radical (unpaired) electrons. The predicted octanol–water partition coefficient (Wildman–Crippen LogP) is 3.31. The third-order valence-corrected chi connectivity index (χ3v) is 2.49. The number of hydrogen-bond donors (Lipinski definition) is 2. The smallest absolute Gasteiger partial charge is 0.0924 e. The van der Waals surface area contributed by atoms with Crippen molar-refractivity contribution in [2.24, 2.45) is 0 Å². The fourth-order valence-corrected chi connectivity index (χ4v) is 1.62. The minimum Gasteiger partial charge on any atom is -0.345 e. The molecule has 0 fully saturated rings. The summed E-state index contributed by atoms with van der Waals surface area (Å²) in [5.74, 6) is 0. The number of anilines is 1. The average molecular weight is 242 g/mol. The highest BCUT2D eigenvalue weighted by Crippen LogP contribution is 2.20. The minimum atomic E-state index is 0.